The molecule has 0 unspecified atom stereocenters. The number of nitrogens with zero attached hydrogens (tertiary/aromatic N) is 4. The molecular formula is C9H14N6O4. The molecule has 10 heteroatoms. The summed E-state index contributed by atoms with van der Waals surface area (Å²) in [6, 6.07) is -0.646. The fourth-order valence-electron chi connectivity index (χ4n) is 1.13. The summed E-state index contributed by atoms with van der Waals surface area (Å²) in [6.45, 7) is 4.95. The van der Waals surface area contributed by atoms with Crippen LogP contribution in [-0.2, 0) is 11.3 Å². The fourth-order valence-corrected chi connectivity index (χ4v) is 1.13. The number of nitrogens with one attached hydrogen (secondary N) is 2. The molecule has 0 spiro atoms. The summed E-state index contributed by atoms with van der Waals surface area (Å²) in [5, 5.41) is 18.4. The molecule has 0 aliphatic rings. The lowest BCUT2D eigenvalue weighted by Crippen LogP contribution is -2.48. The van der Waals surface area contributed by atoms with Gasteiger partial charge >= 0.3 is 12.0 Å². The predicted octanol–water partition coefficient (Wildman–Crippen LogP) is -0.189. The van der Waals surface area contributed by atoms with Crippen molar-refractivity contribution in [2.24, 2.45) is 0 Å². The summed E-state index contributed by atoms with van der Waals surface area (Å²) in [6.07, 6.45) is 1.04. The predicted molar refractivity (Wildman–Crippen MR) is 63.1 cm³/mol. The first-order chi connectivity index (χ1) is 8.67. The molecule has 1 heterocycles. The van der Waals surface area contributed by atoms with E-state index >= 15 is 0 Å². The zero-order valence-corrected chi connectivity index (χ0v) is 10.7. The van der Waals surface area contributed by atoms with Crippen LogP contribution in [0.5, 0.6) is 0 Å². The average Bonchev–Trinajstić information content (AvgIpc) is 2.62. The van der Waals surface area contributed by atoms with E-state index in [0.29, 0.717) is 0 Å². The Balaban J connectivity index is 2.51. The molecule has 3 amide bonds. The number of hydrogen-bond acceptors (Lipinski definition) is 6. The molecule has 0 aliphatic heterocycles. The molecule has 2 N–H and O–H groups in total. The summed E-state index contributed by atoms with van der Waals surface area (Å²) in [4.78, 5) is 35.8. The van der Waals surface area contributed by atoms with Crippen molar-refractivity contribution in [1.29, 1.82) is 0 Å². The van der Waals surface area contributed by atoms with Gasteiger partial charge in [-0.1, -0.05) is 4.98 Å². The van der Waals surface area contributed by atoms with Crippen LogP contribution in [0.25, 0.3) is 0 Å². The largest absolute Gasteiger partial charge is 0.490 e. The monoisotopic (exact) mass is 270 g/mol. The molecule has 0 aromatic carbocycles. The standard InChI is InChI=1S/C9H14N6O4/c1-9(2,3)12-8(17)11-6(16)4-14-5-10-7(13-14)15(18)19/h5H,4H2,1-3H3,(H2,11,12,16,17). The molecule has 0 saturated heterocycles. The first-order valence-corrected chi connectivity index (χ1v) is 5.33. The van der Waals surface area contributed by atoms with Crippen LogP contribution in [0, 0.1) is 10.1 Å². The van der Waals surface area contributed by atoms with Crippen LogP contribution in [-0.4, -0.2) is 37.2 Å². The van der Waals surface area contributed by atoms with Gasteiger partial charge in [0, 0.05) is 10.6 Å². The highest BCUT2D eigenvalue weighted by atomic mass is 16.6. The summed E-state index contributed by atoms with van der Waals surface area (Å²) in [7, 11) is 0. The summed E-state index contributed by atoms with van der Waals surface area (Å²) < 4.78 is 0.970. The molecule has 1 aromatic rings. The van der Waals surface area contributed by atoms with Crippen LogP contribution in [0.4, 0.5) is 10.7 Å². The molecule has 0 bridgehead atoms. The fraction of sp³-hybridized carbons (Fsp3) is 0.556. The van der Waals surface area contributed by atoms with E-state index in [-0.39, 0.29) is 6.54 Å². The number of amides is 3. The number of urea groups is 1. The van der Waals surface area contributed by atoms with E-state index in [2.05, 4.69) is 20.7 Å². The summed E-state index contributed by atoms with van der Waals surface area (Å²) >= 11 is 0. The third kappa shape index (κ3) is 5.10. The van der Waals surface area contributed by atoms with E-state index < -0.39 is 28.3 Å². The Morgan fingerprint density at radius 2 is 2.11 bits per heavy atom. The lowest BCUT2D eigenvalue weighted by molar-refractivity contribution is -0.394. The molecule has 1 rings (SSSR count). The van der Waals surface area contributed by atoms with Gasteiger partial charge in [0.1, 0.15) is 6.54 Å². The molecule has 0 saturated carbocycles. The molecule has 10 nitrogen and oxygen atoms in total. The van der Waals surface area contributed by atoms with E-state index in [1.807, 2.05) is 0 Å². The van der Waals surface area contributed by atoms with Crippen molar-refractivity contribution in [1.82, 2.24) is 25.4 Å². The van der Waals surface area contributed by atoms with E-state index in [9.17, 15) is 19.7 Å². The van der Waals surface area contributed by atoms with Gasteiger partial charge in [0.25, 0.3) is 5.91 Å². The van der Waals surface area contributed by atoms with Gasteiger partial charge < -0.3 is 15.4 Å². The lowest BCUT2D eigenvalue weighted by Gasteiger charge is -2.20. The first-order valence-electron chi connectivity index (χ1n) is 5.33. The minimum atomic E-state index is -0.777. The molecule has 104 valence electrons. The topological polar surface area (TPSA) is 132 Å². The highest BCUT2D eigenvalue weighted by Gasteiger charge is 2.18. The zero-order valence-electron chi connectivity index (χ0n) is 10.7. The summed E-state index contributed by atoms with van der Waals surface area (Å²) in [5.41, 5.74) is -0.476. The minimum Gasteiger partial charge on any atom is -0.390 e. The van der Waals surface area contributed by atoms with Crippen molar-refractivity contribution < 1.29 is 14.5 Å². The van der Waals surface area contributed by atoms with Crippen molar-refractivity contribution in [3.05, 3.63) is 16.4 Å². The van der Waals surface area contributed by atoms with Crippen LogP contribution in [0.3, 0.4) is 0 Å². The third-order valence-corrected chi connectivity index (χ3v) is 1.73. The molecule has 0 atom stereocenters. The maximum atomic E-state index is 11.5. The van der Waals surface area contributed by atoms with Crippen LogP contribution < -0.4 is 10.6 Å². The van der Waals surface area contributed by atoms with Gasteiger partial charge in [0.05, 0.1) is 0 Å². The lowest BCUT2D eigenvalue weighted by atomic mass is 10.1. The van der Waals surface area contributed by atoms with Crippen LogP contribution in [0.2, 0.25) is 0 Å². The van der Waals surface area contributed by atoms with Crippen LogP contribution in [0.1, 0.15) is 20.8 Å². The quantitative estimate of drug-likeness (QED) is 0.578. The molecule has 19 heavy (non-hydrogen) atoms. The van der Waals surface area contributed by atoms with Crippen LogP contribution in [0.15, 0.2) is 6.33 Å². The molecule has 0 fully saturated rings. The van der Waals surface area contributed by atoms with Gasteiger partial charge in [-0.15, -0.1) is 0 Å². The SMILES string of the molecule is CC(C)(C)NC(=O)NC(=O)Cn1cnc([N+](=O)[O-])n1. The van der Waals surface area contributed by atoms with E-state index in [1.165, 1.54) is 0 Å². The van der Waals surface area contributed by atoms with Crippen molar-refractivity contribution in [2.45, 2.75) is 32.9 Å². The first kappa shape index (κ1) is 14.5. The van der Waals surface area contributed by atoms with Crippen molar-refractivity contribution in [3.63, 3.8) is 0 Å². The molecule has 0 aliphatic carbocycles. The Bertz CT molecular complexity index is 503. The second-order valence-electron chi connectivity index (χ2n) is 4.75. The number of rotatable bonds is 3. The second kappa shape index (κ2) is 5.42. The Labute approximate surface area is 108 Å². The molecule has 1 aromatic heterocycles. The van der Waals surface area contributed by atoms with Crippen LogP contribution >= 0.6 is 0 Å². The highest BCUT2D eigenvalue weighted by molar-refractivity contribution is 5.94. The second-order valence-corrected chi connectivity index (χ2v) is 4.75. The van der Waals surface area contributed by atoms with Crippen molar-refractivity contribution in [3.8, 4) is 0 Å². The van der Waals surface area contributed by atoms with Gasteiger partial charge in [0.2, 0.25) is 6.33 Å². The number of carbonyl (C=O) groups excluding carboxylic acids is 2. The number of carbonyl (C=O) groups is 2. The van der Waals surface area contributed by atoms with Crippen molar-refractivity contribution >= 4 is 17.9 Å². The maximum Gasteiger partial charge on any atom is 0.490 e. The van der Waals surface area contributed by atoms with Gasteiger partial charge in [-0.25, -0.2) is 4.79 Å². The normalized spacial score (nSPS) is 10.9. The number of imide groups is 1. The van der Waals surface area contributed by atoms with E-state index in [0.717, 1.165) is 11.0 Å². The van der Waals surface area contributed by atoms with Gasteiger partial charge in [-0.05, 0) is 25.7 Å². The highest BCUT2D eigenvalue weighted by Crippen LogP contribution is 1.99. The maximum absolute atomic E-state index is 11.5. The zero-order chi connectivity index (χ0) is 14.6. The Morgan fingerprint density at radius 3 is 2.58 bits per heavy atom. The van der Waals surface area contributed by atoms with E-state index in [1.54, 1.807) is 20.8 Å². The van der Waals surface area contributed by atoms with Gasteiger partial charge in [0.15, 0.2) is 0 Å². The smallest absolute Gasteiger partial charge is 0.390 e. The minimum absolute atomic E-state index is 0.335. The Hall–Kier alpha value is -2.52. The third-order valence-electron chi connectivity index (χ3n) is 1.73. The summed E-state index contributed by atoms with van der Waals surface area (Å²) in [5.74, 6) is -1.26. The molecular weight excluding hydrogens is 256 g/mol. The van der Waals surface area contributed by atoms with Gasteiger partial charge in [-0.2, -0.15) is 4.68 Å². The van der Waals surface area contributed by atoms with Gasteiger partial charge in [-0.3, -0.25) is 10.1 Å². The number of aromatic nitrogens is 3. The van der Waals surface area contributed by atoms with E-state index in [4.69, 9.17) is 0 Å². The number of nitro groups is 1. The molecule has 0 radical (unpaired) electrons. The number of hydrogen-bond donors (Lipinski definition) is 2. The Kier molecular flexibility index (Phi) is 4.14. The Morgan fingerprint density at radius 1 is 1.47 bits per heavy atom. The van der Waals surface area contributed by atoms with Crippen molar-refractivity contribution in [2.75, 3.05) is 0 Å². The average molecular weight is 270 g/mol.